The van der Waals surface area contributed by atoms with E-state index in [2.05, 4.69) is 129 Å². The third-order valence-electron chi connectivity index (χ3n) is 7.28. The van der Waals surface area contributed by atoms with E-state index < -0.39 is 16.8 Å². The van der Waals surface area contributed by atoms with E-state index in [4.69, 9.17) is 18.2 Å². The summed E-state index contributed by atoms with van der Waals surface area (Å²) in [6, 6.07) is 22.4. The molecular formula is C30H49BNO4PSi. The molecular weight excluding hydrogens is 508 g/mol. The van der Waals surface area contributed by atoms with E-state index >= 15 is 0 Å². The van der Waals surface area contributed by atoms with Crippen LogP contribution in [0.2, 0.25) is 5.04 Å². The molecule has 210 valence electrons. The van der Waals surface area contributed by atoms with Gasteiger partial charge in [-0.3, -0.25) is 0 Å². The summed E-state index contributed by atoms with van der Waals surface area (Å²) in [5.41, 5.74) is 0. The topological polar surface area (TPSA) is 40.2 Å². The van der Waals surface area contributed by atoms with Crippen LogP contribution in [0.1, 0.15) is 68.2 Å². The van der Waals surface area contributed by atoms with Crippen LogP contribution in [-0.2, 0) is 18.2 Å². The number of ether oxygens (including phenoxy) is 1. The van der Waals surface area contributed by atoms with Crippen LogP contribution in [0.4, 0.5) is 0 Å². The van der Waals surface area contributed by atoms with Crippen LogP contribution in [0, 0.1) is 0 Å². The van der Waals surface area contributed by atoms with Crippen molar-refractivity contribution < 1.29 is 18.2 Å². The summed E-state index contributed by atoms with van der Waals surface area (Å²) >= 11 is 0. The van der Waals surface area contributed by atoms with E-state index in [1.165, 1.54) is 10.4 Å². The maximum atomic E-state index is 7.07. The molecule has 0 aliphatic carbocycles. The number of benzene rings is 2. The Hall–Kier alpha value is -1.05. The predicted octanol–water partition coefficient (Wildman–Crippen LogP) is 5.47. The van der Waals surface area contributed by atoms with E-state index in [-0.39, 0.29) is 23.2 Å². The van der Waals surface area contributed by atoms with Crippen molar-refractivity contribution in [1.82, 2.24) is 4.67 Å². The van der Waals surface area contributed by atoms with Gasteiger partial charge in [0.2, 0.25) is 0 Å². The fourth-order valence-electron chi connectivity index (χ4n) is 5.70. The van der Waals surface area contributed by atoms with Crippen LogP contribution < -0.4 is 10.4 Å². The molecule has 0 N–H and O–H groups in total. The predicted molar refractivity (Wildman–Crippen MR) is 166 cm³/mol. The summed E-state index contributed by atoms with van der Waals surface area (Å²) < 4.78 is 28.9. The smallest absolute Gasteiger partial charge is 0.261 e. The molecule has 1 fully saturated rings. The molecule has 1 aliphatic rings. The van der Waals surface area contributed by atoms with E-state index in [1.54, 1.807) is 0 Å². The van der Waals surface area contributed by atoms with Crippen molar-refractivity contribution in [3.05, 3.63) is 60.7 Å². The molecule has 0 bridgehead atoms. The van der Waals surface area contributed by atoms with Crippen LogP contribution in [0.15, 0.2) is 60.7 Å². The molecule has 0 aromatic heterocycles. The van der Waals surface area contributed by atoms with Crippen molar-refractivity contribution in [2.45, 2.75) is 104 Å². The summed E-state index contributed by atoms with van der Waals surface area (Å²) in [4.78, 5) is 0. The van der Waals surface area contributed by atoms with Gasteiger partial charge in [-0.1, -0.05) is 88.4 Å². The number of hydrogen-bond acceptors (Lipinski definition) is 5. The zero-order valence-corrected chi connectivity index (χ0v) is 26.9. The summed E-state index contributed by atoms with van der Waals surface area (Å²) in [5, 5.41) is 2.50. The Kier molecular flexibility index (Phi) is 11.6. The molecule has 4 atom stereocenters. The lowest BCUT2D eigenvalue weighted by molar-refractivity contribution is 0.0304. The van der Waals surface area contributed by atoms with Gasteiger partial charge in [-0.25, -0.2) is 4.67 Å². The van der Waals surface area contributed by atoms with Gasteiger partial charge >= 0.3 is 0 Å². The van der Waals surface area contributed by atoms with Crippen molar-refractivity contribution >= 4 is 35.1 Å². The summed E-state index contributed by atoms with van der Waals surface area (Å²) in [5.74, 6) is 0. The highest BCUT2D eigenvalue weighted by molar-refractivity contribution is 7.44. The van der Waals surface area contributed by atoms with E-state index in [9.17, 15) is 0 Å². The molecule has 2 unspecified atom stereocenters. The number of nitrogens with zero attached hydrogens (tertiary/aromatic N) is 1. The average molecular weight is 558 g/mol. The minimum absolute atomic E-state index is 0.0544. The molecule has 3 rings (SSSR count). The fourth-order valence-corrected chi connectivity index (χ4v) is 12.0. The Balaban J connectivity index is 1.83. The van der Waals surface area contributed by atoms with Crippen molar-refractivity contribution in [2.24, 2.45) is 0 Å². The van der Waals surface area contributed by atoms with Crippen LogP contribution in [0.3, 0.4) is 0 Å². The monoisotopic (exact) mass is 557 g/mol. The molecule has 8 heteroatoms. The third-order valence-corrected chi connectivity index (χ3v) is 14.5. The highest BCUT2D eigenvalue weighted by Gasteiger charge is 2.50. The van der Waals surface area contributed by atoms with Gasteiger partial charge in [0.1, 0.15) is 7.85 Å². The molecule has 0 radical (unpaired) electrons. The molecule has 1 heterocycles. The lowest BCUT2D eigenvalue weighted by Crippen LogP contribution is -2.66. The molecule has 0 spiro atoms. The fraction of sp³-hybridized carbons (Fsp3) is 0.600. The number of hydrogen-bond donors (Lipinski definition) is 0. The minimum Gasteiger partial charge on any atom is -0.405 e. The van der Waals surface area contributed by atoms with E-state index in [0.717, 1.165) is 12.8 Å². The first-order chi connectivity index (χ1) is 18.0. The first-order valence-corrected chi connectivity index (χ1v) is 17.3. The summed E-state index contributed by atoms with van der Waals surface area (Å²) in [6.45, 7) is 18.9. The van der Waals surface area contributed by atoms with Crippen molar-refractivity contribution in [3.63, 3.8) is 0 Å². The molecule has 0 saturated carbocycles. The highest BCUT2D eigenvalue weighted by atomic mass is 31.2. The third kappa shape index (κ3) is 7.37. The lowest BCUT2D eigenvalue weighted by Gasteiger charge is -2.43. The van der Waals surface area contributed by atoms with Gasteiger partial charge < -0.3 is 18.2 Å². The second-order valence-electron chi connectivity index (χ2n) is 11.9. The van der Waals surface area contributed by atoms with Gasteiger partial charge in [0.05, 0.1) is 25.4 Å². The van der Waals surface area contributed by atoms with Gasteiger partial charge in [-0.05, 0) is 55.9 Å². The molecule has 5 nitrogen and oxygen atoms in total. The summed E-state index contributed by atoms with van der Waals surface area (Å²) in [6.07, 6.45) is 2.02. The molecule has 2 aromatic carbocycles. The quantitative estimate of drug-likeness (QED) is 0.186. The van der Waals surface area contributed by atoms with Gasteiger partial charge in [0.15, 0.2) is 0 Å². The Bertz CT molecular complexity index is 912. The highest BCUT2D eigenvalue weighted by Crippen LogP contribution is 2.49. The number of rotatable bonds is 13. The van der Waals surface area contributed by atoms with Crippen molar-refractivity contribution in [3.8, 4) is 0 Å². The Labute approximate surface area is 235 Å². The van der Waals surface area contributed by atoms with E-state index in [0.29, 0.717) is 25.3 Å². The lowest BCUT2D eigenvalue weighted by atomic mass is 9.96. The van der Waals surface area contributed by atoms with Crippen LogP contribution in [0.5, 0.6) is 0 Å². The molecule has 38 heavy (non-hydrogen) atoms. The van der Waals surface area contributed by atoms with Gasteiger partial charge in [-0.2, -0.15) is 0 Å². The molecule has 1 aliphatic heterocycles. The zero-order chi connectivity index (χ0) is 27.9. The minimum atomic E-state index is -2.60. The molecule has 1 saturated heterocycles. The zero-order valence-electron chi connectivity index (χ0n) is 25.0. The molecule has 0 amide bonds. The van der Waals surface area contributed by atoms with Crippen LogP contribution in [-0.4, -0.2) is 64.3 Å². The Morgan fingerprint density at radius 2 is 1.47 bits per heavy atom. The van der Waals surface area contributed by atoms with Gasteiger partial charge in [0.25, 0.3) is 16.8 Å². The standard InChI is InChI=1S/C30H49BNO4PSi/c1-9-27-28(22-29(31)35-27)36-37(32(23(2)3)24(4)5)33-20-21-34-38(30(6,7)8,25-16-12-10-13-17-25)26-18-14-11-15-19-26/h10-19,23-24,27-29H,9,20-22,31H2,1-8H3/t27-,28?,29-,37?/m1/s1. The van der Waals surface area contributed by atoms with Gasteiger partial charge in [-0.15, -0.1) is 0 Å². The largest absolute Gasteiger partial charge is 0.405 e. The Morgan fingerprint density at radius 3 is 1.92 bits per heavy atom. The SMILES string of the molecule is B[C@H]1CC(OP(OCCO[Si](c2ccccc2)(c2ccccc2)C(C)(C)C)N(C(C)C)C(C)C)[C@@H](CC)O1. The summed E-state index contributed by atoms with van der Waals surface area (Å²) in [7, 11) is -1.73. The Morgan fingerprint density at radius 1 is 0.947 bits per heavy atom. The maximum absolute atomic E-state index is 7.07. The van der Waals surface area contributed by atoms with Crippen LogP contribution >= 0.6 is 8.53 Å². The van der Waals surface area contributed by atoms with E-state index in [1.807, 2.05) is 0 Å². The molecule has 2 aromatic rings. The first-order valence-electron chi connectivity index (χ1n) is 14.3. The first kappa shape index (κ1) is 31.5. The normalized spacial score (nSPS) is 21.5. The van der Waals surface area contributed by atoms with Crippen molar-refractivity contribution in [2.75, 3.05) is 13.2 Å². The van der Waals surface area contributed by atoms with Gasteiger partial charge in [0, 0.05) is 18.1 Å². The average Bonchev–Trinajstić information content (AvgIpc) is 3.22. The second kappa shape index (κ2) is 14.0. The maximum Gasteiger partial charge on any atom is 0.261 e. The van der Waals surface area contributed by atoms with Crippen LogP contribution in [0.25, 0.3) is 0 Å². The second-order valence-corrected chi connectivity index (χ2v) is 17.6. The van der Waals surface area contributed by atoms with Crippen molar-refractivity contribution in [1.29, 1.82) is 0 Å².